The van der Waals surface area contributed by atoms with Gasteiger partial charge in [-0.3, -0.25) is 4.79 Å². The minimum atomic E-state index is -0.107. The van der Waals surface area contributed by atoms with E-state index in [1.807, 2.05) is 32.0 Å². The topological polar surface area (TPSA) is 71.9 Å². The fourth-order valence-electron chi connectivity index (χ4n) is 2.83. The van der Waals surface area contributed by atoms with E-state index in [4.69, 9.17) is 16.3 Å². The molecule has 3 aromatic rings. The maximum absolute atomic E-state index is 12.5. The minimum absolute atomic E-state index is 0.107. The van der Waals surface area contributed by atoms with Crippen LogP contribution in [-0.4, -0.2) is 34.5 Å². The van der Waals surface area contributed by atoms with Crippen molar-refractivity contribution in [1.82, 2.24) is 20.1 Å². The molecule has 0 saturated carbocycles. The van der Waals surface area contributed by atoms with Gasteiger partial charge in [-0.25, -0.2) is 4.68 Å². The lowest BCUT2D eigenvalue weighted by Gasteiger charge is -2.06. The van der Waals surface area contributed by atoms with Crippen LogP contribution in [0.1, 0.15) is 24.6 Å². The summed E-state index contributed by atoms with van der Waals surface area (Å²) < 4.78 is 7.05. The quantitative estimate of drug-likeness (QED) is 0.594. The Hall–Kier alpha value is -2.15. The molecule has 0 bridgehead atoms. The van der Waals surface area contributed by atoms with Gasteiger partial charge in [0.15, 0.2) is 0 Å². The molecule has 0 unspecified atom stereocenters. The molecule has 138 valence electrons. The van der Waals surface area contributed by atoms with Gasteiger partial charge in [0.2, 0.25) is 0 Å². The zero-order chi connectivity index (χ0) is 18.5. The monoisotopic (exact) mass is 374 g/mol. The van der Waals surface area contributed by atoms with Gasteiger partial charge in [-0.1, -0.05) is 11.6 Å². The van der Waals surface area contributed by atoms with Crippen LogP contribution in [0.15, 0.2) is 35.1 Å². The summed E-state index contributed by atoms with van der Waals surface area (Å²) in [5.41, 5.74) is 3.00. The Morgan fingerprint density at radius 2 is 2.08 bits per heavy atom. The number of pyridine rings is 1. The normalized spacial score (nSPS) is 11.3. The summed E-state index contributed by atoms with van der Waals surface area (Å²) in [6.45, 7) is 6.70. The van der Waals surface area contributed by atoms with Gasteiger partial charge < -0.3 is 15.0 Å². The molecule has 26 heavy (non-hydrogen) atoms. The van der Waals surface area contributed by atoms with E-state index in [9.17, 15) is 4.79 Å². The van der Waals surface area contributed by atoms with E-state index in [1.54, 1.807) is 16.8 Å². The van der Waals surface area contributed by atoms with Crippen LogP contribution in [0.25, 0.3) is 16.7 Å². The van der Waals surface area contributed by atoms with Crippen molar-refractivity contribution in [3.05, 3.63) is 57.0 Å². The molecule has 0 saturated heterocycles. The SMILES string of the molecule is CCOCCCNCc1cc2c(C)nn(-c3ccc(Cl)cc3)c2[nH]c1=O. The molecule has 2 heterocycles. The Morgan fingerprint density at radius 1 is 1.31 bits per heavy atom. The summed E-state index contributed by atoms with van der Waals surface area (Å²) in [4.78, 5) is 15.4. The molecular weight excluding hydrogens is 352 g/mol. The second kappa shape index (κ2) is 8.49. The van der Waals surface area contributed by atoms with E-state index in [1.165, 1.54) is 0 Å². The van der Waals surface area contributed by atoms with Crippen molar-refractivity contribution < 1.29 is 4.74 Å². The standard InChI is InChI=1S/C19H23ClN4O2/c1-3-26-10-4-9-21-12-14-11-17-13(2)23-24(18(17)22-19(14)25)16-7-5-15(20)6-8-16/h5-8,11,21H,3-4,9-10,12H2,1-2H3,(H,22,25). The molecule has 0 fully saturated rings. The number of aryl methyl sites for hydroxylation is 1. The van der Waals surface area contributed by atoms with E-state index in [0.717, 1.165) is 42.9 Å². The lowest BCUT2D eigenvalue weighted by Crippen LogP contribution is -2.22. The van der Waals surface area contributed by atoms with Crippen LogP contribution in [0.3, 0.4) is 0 Å². The fourth-order valence-corrected chi connectivity index (χ4v) is 2.95. The lowest BCUT2D eigenvalue weighted by molar-refractivity contribution is 0.144. The first-order chi connectivity index (χ1) is 12.6. The van der Waals surface area contributed by atoms with Crippen LogP contribution in [-0.2, 0) is 11.3 Å². The molecule has 0 amide bonds. The largest absolute Gasteiger partial charge is 0.382 e. The number of benzene rings is 1. The third kappa shape index (κ3) is 4.15. The van der Waals surface area contributed by atoms with Crippen LogP contribution in [0, 0.1) is 6.92 Å². The van der Waals surface area contributed by atoms with Crippen molar-refractivity contribution >= 4 is 22.6 Å². The number of H-pyrrole nitrogens is 1. The molecular formula is C19H23ClN4O2. The average molecular weight is 375 g/mol. The molecule has 0 spiro atoms. The summed E-state index contributed by atoms with van der Waals surface area (Å²) in [7, 11) is 0. The molecule has 0 atom stereocenters. The maximum Gasteiger partial charge on any atom is 0.254 e. The molecule has 6 nitrogen and oxygen atoms in total. The fraction of sp³-hybridized carbons (Fsp3) is 0.368. The summed E-state index contributed by atoms with van der Waals surface area (Å²) in [6, 6.07) is 9.27. The highest BCUT2D eigenvalue weighted by Crippen LogP contribution is 2.21. The Bertz CT molecular complexity index is 931. The lowest BCUT2D eigenvalue weighted by atomic mass is 10.2. The number of hydrogen-bond donors (Lipinski definition) is 2. The van der Waals surface area contributed by atoms with E-state index < -0.39 is 0 Å². The Labute approximate surface area is 157 Å². The molecule has 1 aromatic carbocycles. The predicted octanol–water partition coefficient (Wildman–Crippen LogP) is 3.19. The van der Waals surface area contributed by atoms with E-state index >= 15 is 0 Å². The average Bonchev–Trinajstić information content (AvgIpc) is 2.94. The smallest absolute Gasteiger partial charge is 0.254 e. The number of nitrogens with zero attached hydrogens (tertiary/aromatic N) is 2. The Kier molecular flexibility index (Phi) is 6.08. The minimum Gasteiger partial charge on any atom is -0.382 e. The van der Waals surface area contributed by atoms with Crippen molar-refractivity contribution in [2.45, 2.75) is 26.8 Å². The van der Waals surface area contributed by atoms with Crippen LogP contribution < -0.4 is 10.9 Å². The molecule has 0 aliphatic heterocycles. The van der Waals surface area contributed by atoms with E-state index in [0.29, 0.717) is 22.8 Å². The first-order valence-corrected chi connectivity index (χ1v) is 9.14. The third-order valence-corrected chi connectivity index (χ3v) is 4.43. The zero-order valence-electron chi connectivity index (χ0n) is 15.0. The van der Waals surface area contributed by atoms with Crippen LogP contribution in [0.5, 0.6) is 0 Å². The Morgan fingerprint density at radius 3 is 2.81 bits per heavy atom. The number of ether oxygens (including phenoxy) is 1. The summed E-state index contributed by atoms with van der Waals surface area (Å²) in [5.74, 6) is 0. The highest BCUT2D eigenvalue weighted by molar-refractivity contribution is 6.30. The number of aromatic amines is 1. The summed E-state index contributed by atoms with van der Waals surface area (Å²) in [5, 5.41) is 9.45. The third-order valence-electron chi connectivity index (χ3n) is 4.18. The van der Waals surface area contributed by atoms with Gasteiger partial charge in [0, 0.05) is 35.7 Å². The predicted molar refractivity (Wildman–Crippen MR) is 104 cm³/mol. The van der Waals surface area contributed by atoms with Gasteiger partial charge in [0.25, 0.3) is 5.56 Å². The number of halogens is 1. The second-order valence-electron chi connectivity index (χ2n) is 6.09. The van der Waals surface area contributed by atoms with Gasteiger partial charge >= 0.3 is 0 Å². The highest BCUT2D eigenvalue weighted by Gasteiger charge is 2.12. The van der Waals surface area contributed by atoms with Crippen molar-refractivity contribution in [1.29, 1.82) is 0 Å². The molecule has 2 N–H and O–H groups in total. The number of rotatable bonds is 8. The van der Waals surface area contributed by atoms with Crippen molar-refractivity contribution in [2.75, 3.05) is 19.8 Å². The zero-order valence-corrected chi connectivity index (χ0v) is 15.8. The maximum atomic E-state index is 12.5. The number of aromatic nitrogens is 3. The second-order valence-corrected chi connectivity index (χ2v) is 6.52. The van der Waals surface area contributed by atoms with Crippen LogP contribution in [0.4, 0.5) is 0 Å². The molecule has 2 aromatic heterocycles. The van der Waals surface area contributed by atoms with Crippen LogP contribution >= 0.6 is 11.6 Å². The number of nitrogens with one attached hydrogen (secondary N) is 2. The van der Waals surface area contributed by atoms with Gasteiger partial charge in [-0.2, -0.15) is 5.10 Å². The van der Waals surface area contributed by atoms with Crippen LogP contribution in [0.2, 0.25) is 5.02 Å². The van der Waals surface area contributed by atoms with Gasteiger partial charge in [-0.05, 0) is 57.1 Å². The van der Waals surface area contributed by atoms with Gasteiger partial charge in [0.1, 0.15) is 5.65 Å². The first-order valence-electron chi connectivity index (χ1n) is 8.76. The highest BCUT2D eigenvalue weighted by atomic mass is 35.5. The number of fused-ring (bicyclic) bond motifs is 1. The Balaban J connectivity index is 1.82. The van der Waals surface area contributed by atoms with Gasteiger partial charge in [-0.15, -0.1) is 0 Å². The van der Waals surface area contributed by atoms with Crippen molar-refractivity contribution in [3.8, 4) is 5.69 Å². The molecule has 3 rings (SSSR count). The molecule has 0 aliphatic carbocycles. The van der Waals surface area contributed by atoms with Crippen molar-refractivity contribution in [3.63, 3.8) is 0 Å². The number of hydrogen-bond acceptors (Lipinski definition) is 4. The van der Waals surface area contributed by atoms with E-state index in [2.05, 4.69) is 15.4 Å². The molecule has 7 heteroatoms. The van der Waals surface area contributed by atoms with Gasteiger partial charge in [0.05, 0.1) is 11.4 Å². The molecule has 0 radical (unpaired) electrons. The first kappa shape index (κ1) is 18.6. The summed E-state index contributed by atoms with van der Waals surface area (Å²) in [6.07, 6.45) is 0.918. The molecule has 0 aliphatic rings. The van der Waals surface area contributed by atoms with Crippen molar-refractivity contribution in [2.24, 2.45) is 0 Å². The summed E-state index contributed by atoms with van der Waals surface area (Å²) >= 11 is 5.95. The van der Waals surface area contributed by atoms with E-state index in [-0.39, 0.29) is 5.56 Å².